The molecule has 0 bridgehead atoms. The first-order chi connectivity index (χ1) is 12.0. The van der Waals surface area contributed by atoms with Crippen molar-refractivity contribution < 1.29 is 9.53 Å². The van der Waals surface area contributed by atoms with Crippen LogP contribution in [0.1, 0.15) is 26.1 Å². The molecule has 1 aliphatic rings. The van der Waals surface area contributed by atoms with Crippen molar-refractivity contribution in [1.29, 1.82) is 0 Å². The summed E-state index contributed by atoms with van der Waals surface area (Å²) < 4.78 is 6.97. The molecular weight excluding hydrogens is 320 g/mol. The number of urea groups is 1. The number of aryl methyl sites for hydroxylation is 1. The van der Waals surface area contributed by atoms with Crippen LogP contribution in [0.15, 0.2) is 18.2 Å². The molecule has 1 saturated heterocycles. The molecule has 2 heterocycles. The fourth-order valence-corrected chi connectivity index (χ4v) is 3.42. The van der Waals surface area contributed by atoms with E-state index >= 15 is 0 Å². The topological polar surface area (TPSA) is 85.2 Å². The number of benzene rings is 1. The third-order valence-corrected chi connectivity index (χ3v) is 4.44. The zero-order valence-electron chi connectivity index (χ0n) is 15.1. The van der Waals surface area contributed by atoms with Crippen molar-refractivity contribution in [1.82, 2.24) is 25.1 Å². The number of likely N-dealkylation sites (tertiary alicyclic amines) is 1. The van der Waals surface area contributed by atoms with E-state index in [1.807, 2.05) is 17.0 Å². The number of tetrazole rings is 1. The van der Waals surface area contributed by atoms with Crippen LogP contribution in [0.5, 0.6) is 5.75 Å². The molecule has 2 unspecified atom stereocenters. The fraction of sp³-hybridized carbons (Fsp3) is 0.529. The SMILES string of the molecule is COc1ccc(NC(=O)N2CC(C)CC(C)C2)cc1-n1nnnc1C. The Kier molecular flexibility index (Phi) is 4.87. The first kappa shape index (κ1) is 17.2. The lowest BCUT2D eigenvalue weighted by Crippen LogP contribution is -2.44. The summed E-state index contributed by atoms with van der Waals surface area (Å²) in [4.78, 5) is 14.5. The van der Waals surface area contributed by atoms with Crippen LogP contribution in [0, 0.1) is 18.8 Å². The smallest absolute Gasteiger partial charge is 0.321 e. The second kappa shape index (κ2) is 7.08. The first-order valence-electron chi connectivity index (χ1n) is 8.47. The van der Waals surface area contributed by atoms with Gasteiger partial charge in [0.25, 0.3) is 0 Å². The largest absolute Gasteiger partial charge is 0.494 e. The van der Waals surface area contributed by atoms with Gasteiger partial charge in [0, 0.05) is 18.8 Å². The van der Waals surface area contributed by atoms with Crippen molar-refractivity contribution in [2.24, 2.45) is 11.8 Å². The van der Waals surface area contributed by atoms with Crippen LogP contribution in [0.2, 0.25) is 0 Å². The van der Waals surface area contributed by atoms with E-state index in [2.05, 4.69) is 34.7 Å². The Hall–Kier alpha value is -2.64. The van der Waals surface area contributed by atoms with Gasteiger partial charge in [0.2, 0.25) is 0 Å². The van der Waals surface area contributed by atoms with Gasteiger partial charge in [0.1, 0.15) is 11.4 Å². The number of rotatable bonds is 3. The predicted octanol–water partition coefficient (Wildman–Crippen LogP) is 2.49. The third kappa shape index (κ3) is 3.72. The van der Waals surface area contributed by atoms with Crippen molar-refractivity contribution in [3.05, 3.63) is 24.0 Å². The van der Waals surface area contributed by atoms with E-state index in [4.69, 9.17) is 4.74 Å². The maximum absolute atomic E-state index is 12.6. The number of ether oxygens (including phenoxy) is 1. The number of anilines is 1. The van der Waals surface area contributed by atoms with E-state index in [9.17, 15) is 4.79 Å². The van der Waals surface area contributed by atoms with Gasteiger partial charge in [-0.25, -0.2) is 4.79 Å². The zero-order valence-corrected chi connectivity index (χ0v) is 15.1. The second-order valence-electron chi connectivity index (χ2n) is 6.81. The molecule has 0 spiro atoms. The summed E-state index contributed by atoms with van der Waals surface area (Å²) in [6, 6.07) is 5.35. The molecule has 1 fully saturated rings. The number of aromatic nitrogens is 4. The van der Waals surface area contributed by atoms with Gasteiger partial charge in [0.15, 0.2) is 5.82 Å². The Morgan fingerprint density at radius 3 is 2.60 bits per heavy atom. The van der Waals surface area contributed by atoms with Crippen LogP contribution in [0.3, 0.4) is 0 Å². The lowest BCUT2D eigenvalue weighted by Gasteiger charge is -2.34. The first-order valence-corrected chi connectivity index (χ1v) is 8.47. The van der Waals surface area contributed by atoms with Crippen LogP contribution in [-0.4, -0.2) is 51.3 Å². The average Bonchev–Trinajstić information content (AvgIpc) is 2.99. The number of amides is 2. The Morgan fingerprint density at radius 1 is 1.28 bits per heavy atom. The normalized spacial score (nSPS) is 20.4. The minimum atomic E-state index is -0.0806. The van der Waals surface area contributed by atoms with Crippen LogP contribution in [-0.2, 0) is 0 Å². The molecule has 3 rings (SSSR count). The number of nitrogens with one attached hydrogen (secondary N) is 1. The number of carbonyl (C=O) groups excluding carboxylic acids is 1. The molecule has 0 saturated carbocycles. The van der Waals surface area contributed by atoms with E-state index in [-0.39, 0.29) is 6.03 Å². The Morgan fingerprint density at radius 2 is 2.00 bits per heavy atom. The van der Waals surface area contributed by atoms with Crippen molar-refractivity contribution >= 4 is 11.7 Å². The lowest BCUT2D eigenvalue weighted by atomic mass is 9.92. The summed E-state index contributed by atoms with van der Waals surface area (Å²) in [7, 11) is 1.59. The van der Waals surface area contributed by atoms with Gasteiger partial charge in [-0.2, -0.15) is 4.68 Å². The number of hydrogen-bond acceptors (Lipinski definition) is 5. The molecule has 0 radical (unpaired) electrons. The molecule has 2 amide bonds. The molecule has 1 aliphatic heterocycles. The number of hydrogen-bond donors (Lipinski definition) is 1. The van der Waals surface area contributed by atoms with E-state index in [1.165, 1.54) is 0 Å². The summed E-state index contributed by atoms with van der Waals surface area (Å²) in [6.45, 7) is 7.74. The van der Waals surface area contributed by atoms with Gasteiger partial charge < -0.3 is 15.0 Å². The number of nitrogens with zero attached hydrogens (tertiary/aromatic N) is 5. The van der Waals surface area contributed by atoms with Crippen LogP contribution in [0.4, 0.5) is 10.5 Å². The van der Waals surface area contributed by atoms with Crippen LogP contribution in [0.25, 0.3) is 5.69 Å². The lowest BCUT2D eigenvalue weighted by molar-refractivity contribution is 0.156. The zero-order chi connectivity index (χ0) is 18.0. The molecule has 1 aromatic carbocycles. The standard InChI is InChI=1S/C17H24N6O2/c1-11-7-12(2)10-22(9-11)17(24)18-14-5-6-16(25-4)15(8-14)23-13(3)19-20-21-23/h5-6,8,11-12H,7,9-10H2,1-4H3,(H,18,24). The Labute approximate surface area is 147 Å². The van der Waals surface area contributed by atoms with Crippen molar-refractivity contribution in [2.45, 2.75) is 27.2 Å². The highest BCUT2D eigenvalue weighted by Gasteiger charge is 2.25. The molecular formula is C17H24N6O2. The number of methoxy groups -OCH3 is 1. The quantitative estimate of drug-likeness (QED) is 0.924. The molecule has 134 valence electrons. The monoisotopic (exact) mass is 344 g/mol. The highest BCUT2D eigenvalue weighted by atomic mass is 16.5. The molecule has 0 aliphatic carbocycles. The van der Waals surface area contributed by atoms with Crippen LogP contribution < -0.4 is 10.1 Å². The van der Waals surface area contributed by atoms with Crippen molar-refractivity contribution in [2.75, 3.05) is 25.5 Å². The average molecular weight is 344 g/mol. The number of piperidine rings is 1. The van der Waals surface area contributed by atoms with Gasteiger partial charge >= 0.3 is 6.03 Å². The fourth-order valence-electron chi connectivity index (χ4n) is 3.42. The third-order valence-electron chi connectivity index (χ3n) is 4.44. The molecule has 8 heteroatoms. The Bertz CT molecular complexity index is 749. The van der Waals surface area contributed by atoms with Gasteiger partial charge in [0.05, 0.1) is 7.11 Å². The Balaban J connectivity index is 1.81. The minimum Gasteiger partial charge on any atom is -0.494 e. The van der Waals surface area contributed by atoms with Crippen LogP contribution >= 0.6 is 0 Å². The van der Waals surface area contributed by atoms with Gasteiger partial charge in [-0.3, -0.25) is 0 Å². The summed E-state index contributed by atoms with van der Waals surface area (Å²) in [6.07, 6.45) is 1.16. The maximum atomic E-state index is 12.6. The maximum Gasteiger partial charge on any atom is 0.321 e. The van der Waals surface area contributed by atoms with Gasteiger partial charge in [-0.1, -0.05) is 13.8 Å². The second-order valence-corrected chi connectivity index (χ2v) is 6.81. The molecule has 2 aromatic rings. The highest BCUT2D eigenvalue weighted by molar-refractivity contribution is 5.90. The van der Waals surface area contributed by atoms with Crippen molar-refractivity contribution in [3.63, 3.8) is 0 Å². The van der Waals surface area contributed by atoms with E-state index in [0.717, 1.165) is 19.5 Å². The summed E-state index contributed by atoms with van der Waals surface area (Å²) in [5, 5.41) is 14.5. The van der Waals surface area contributed by atoms with E-state index < -0.39 is 0 Å². The van der Waals surface area contributed by atoms with Crippen molar-refractivity contribution in [3.8, 4) is 11.4 Å². The van der Waals surface area contributed by atoms with E-state index in [1.54, 1.807) is 24.8 Å². The molecule has 25 heavy (non-hydrogen) atoms. The van der Waals surface area contributed by atoms with Gasteiger partial charge in [-0.05, 0) is 53.8 Å². The molecule has 1 aromatic heterocycles. The minimum absolute atomic E-state index is 0.0806. The summed E-state index contributed by atoms with van der Waals surface area (Å²) >= 11 is 0. The predicted molar refractivity (Wildman–Crippen MR) is 94.0 cm³/mol. The highest BCUT2D eigenvalue weighted by Crippen LogP contribution is 2.27. The number of carbonyl (C=O) groups is 1. The summed E-state index contributed by atoms with van der Waals surface area (Å²) in [5.74, 6) is 2.31. The molecule has 8 nitrogen and oxygen atoms in total. The van der Waals surface area contributed by atoms with Gasteiger partial charge in [-0.15, -0.1) is 5.10 Å². The van der Waals surface area contributed by atoms with E-state index in [0.29, 0.717) is 34.8 Å². The molecule has 2 atom stereocenters. The molecule has 1 N–H and O–H groups in total. The summed E-state index contributed by atoms with van der Waals surface area (Å²) in [5.41, 5.74) is 1.37.